The molecule has 0 aliphatic carbocycles. The van der Waals surface area contributed by atoms with Crippen LogP contribution in [0.15, 0.2) is 36.4 Å². The van der Waals surface area contributed by atoms with Gasteiger partial charge in [-0.15, -0.1) is 0 Å². The third-order valence-electron chi connectivity index (χ3n) is 5.34. The summed E-state index contributed by atoms with van der Waals surface area (Å²) in [6.45, 7) is 7.31. The number of anilines is 1. The summed E-state index contributed by atoms with van der Waals surface area (Å²) >= 11 is 0. The number of carbonyl (C=O) groups is 2. The first-order chi connectivity index (χ1) is 14.6. The lowest BCUT2D eigenvalue weighted by Gasteiger charge is -2.29. The van der Waals surface area contributed by atoms with Gasteiger partial charge in [0.05, 0.1) is 24.4 Å². The van der Waals surface area contributed by atoms with Crippen LogP contribution >= 0.6 is 0 Å². The highest BCUT2D eigenvalue weighted by Gasteiger charge is 2.28. The van der Waals surface area contributed by atoms with Crippen molar-refractivity contribution < 1.29 is 23.5 Å². The lowest BCUT2D eigenvalue weighted by atomic mass is 9.94. The lowest BCUT2D eigenvalue weighted by Crippen LogP contribution is -2.47. The van der Waals surface area contributed by atoms with Gasteiger partial charge in [-0.2, -0.15) is 0 Å². The van der Waals surface area contributed by atoms with Crippen LogP contribution in [0.1, 0.15) is 51.3 Å². The van der Waals surface area contributed by atoms with Crippen molar-refractivity contribution in [2.24, 2.45) is 0 Å². The van der Waals surface area contributed by atoms with Crippen molar-refractivity contribution in [1.82, 2.24) is 10.6 Å². The molecule has 0 saturated heterocycles. The Morgan fingerprint density at radius 2 is 2.03 bits per heavy atom. The maximum absolute atomic E-state index is 14.1. The van der Waals surface area contributed by atoms with Gasteiger partial charge in [0.2, 0.25) is 0 Å². The van der Waals surface area contributed by atoms with Crippen LogP contribution in [-0.2, 0) is 10.3 Å². The fourth-order valence-electron chi connectivity index (χ4n) is 3.42. The quantitative estimate of drug-likeness (QED) is 0.641. The molecule has 0 radical (unpaired) electrons. The molecule has 0 saturated carbocycles. The Kier molecular flexibility index (Phi) is 6.38. The molecule has 3 rings (SSSR count). The number of halogens is 1. The van der Waals surface area contributed by atoms with Crippen molar-refractivity contribution in [3.05, 3.63) is 53.3 Å². The summed E-state index contributed by atoms with van der Waals surface area (Å²) in [4.78, 5) is 24.6. The van der Waals surface area contributed by atoms with Crippen LogP contribution in [0.2, 0.25) is 0 Å². The van der Waals surface area contributed by atoms with Crippen molar-refractivity contribution in [1.29, 1.82) is 0 Å². The molecule has 1 aliphatic heterocycles. The van der Waals surface area contributed by atoms with Crippen LogP contribution in [0.5, 0.6) is 11.5 Å². The molecule has 0 bridgehead atoms. The third-order valence-corrected chi connectivity index (χ3v) is 5.34. The molecule has 2 aromatic carbocycles. The van der Waals surface area contributed by atoms with Crippen molar-refractivity contribution >= 4 is 17.6 Å². The topological polar surface area (TPSA) is 88.7 Å². The molecule has 0 spiro atoms. The normalized spacial score (nSPS) is 16.5. The summed E-state index contributed by atoms with van der Waals surface area (Å²) in [6, 6.07) is 9.27. The molecule has 0 aromatic heterocycles. The zero-order chi connectivity index (χ0) is 22.8. The molecule has 2 atom stereocenters. The van der Waals surface area contributed by atoms with E-state index in [0.717, 1.165) is 5.56 Å². The minimum absolute atomic E-state index is 0.147. The minimum Gasteiger partial charge on any atom is -0.494 e. The Hall–Kier alpha value is -3.29. The van der Waals surface area contributed by atoms with E-state index in [0.29, 0.717) is 23.4 Å². The predicted octanol–water partition coefficient (Wildman–Crippen LogP) is 4.24. The Labute approximate surface area is 181 Å². The van der Waals surface area contributed by atoms with Gasteiger partial charge in [0.15, 0.2) is 17.7 Å². The van der Waals surface area contributed by atoms with Gasteiger partial charge in [0.1, 0.15) is 5.75 Å². The smallest absolute Gasteiger partial charge is 0.315 e. The van der Waals surface area contributed by atoms with E-state index >= 15 is 0 Å². The number of methoxy groups -OCH3 is 1. The minimum atomic E-state index is -0.811. The molecule has 8 heteroatoms. The summed E-state index contributed by atoms with van der Waals surface area (Å²) in [7, 11) is 1.40. The van der Waals surface area contributed by atoms with E-state index in [4.69, 9.17) is 9.47 Å². The summed E-state index contributed by atoms with van der Waals surface area (Å²) in [5.41, 5.74) is 1.23. The average molecular weight is 429 g/mol. The molecule has 166 valence electrons. The van der Waals surface area contributed by atoms with Crippen LogP contribution < -0.4 is 25.4 Å². The highest BCUT2D eigenvalue weighted by atomic mass is 19.1. The number of urea groups is 1. The van der Waals surface area contributed by atoms with E-state index < -0.39 is 23.5 Å². The Morgan fingerprint density at radius 3 is 2.68 bits per heavy atom. The number of hydrogen-bond donors (Lipinski definition) is 3. The molecular formula is C23H28FN3O4. The van der Waals surface area contributed by atoms with Crippen LogP contribution in [-0.4, -0.2) is 25.2 Å². The first-order valence-corrected chi connectivity index (χ1v) is 10.2. The number of fused-ring (bicyclic) bond motifs is 1. The summed E-state index contributed by atoms with van der Waals surface area (Å²) < 4.78 is 24.8. The second kappa shape index (κ2) is 8.83. The fourth-order valence-corrected chi connectivity index (χ4v) is 3.42. The van der Waals surface area contributed by atoms with Gasteiger partial charge in [-0.1, -0.05) is 19.1 Å². The summed E-state index contributed by atoms with van der Waals surface area (Å²) in [6.07, 6.45) is 0.0345. The van der Waals surface area contributed by atoms with Crippen LogP contribution in [0, 0.1) is 5.82 Å². The van der Waals surface area contributed by atoms with Crippen molar-refractivity contribution in [3.8, 4) is 11.5 Å². The van der Waals surface area contributed by atoms with E-state index in [1.54, 1.807) is 26.0 Å². The molecule has 7 nitrogen and oxygen atoms in total. The summed E-state index contributed by atoms with van der Waals surface area (Å²) in [5, 5.41) is 8.59. The number of amides is 3. The zero-order valence-corrected chi connectivity index (χ0v) is 18.3. The number of ether oxygens (including phenoxy) is 2. The number of hydrogen-bond acceptors (Lipinski definition) is 4. The summed E-state index contributed by atoms with van der Waals surface area (Å²) in [5.74, 6) is 0.0708. The van der Waals surface area contributed by atoms with Gasteiger partial charge >= 0.3 is 6.03 Å². The standard InChI is InChI=1S/C23H28FN3O4/c1-6-18-21(28)26-17-9-7-14(11-20(17)31-18)13(2)25-22(29)27-23(3,4)15-8-10-19(30-5)16(24)12-15/h7-13,18H,6H2,1-5H3,(H,26,28)(H2,25,27,29). The van der Waals surface area contributed by atoms with Gasteiger partial charge in [0.25, 0.3) is 5.91 Å². The van der Waals surface area contributed by atoms with Gasteiger partial charge < -0.3 is 25.4 Å². The second-order valence-electron chi connectivity index (χ2n) is 8.05. The molecular weight excluding hydrogens is 401 g/mol. The van der Waals surface area contributed by atoms with E-state index in [9.17, 15) is 14.0 Å². The average Bonchev–Trinajstić information content (AvgIpc) is 2.72. The first kappa shape index (κ1) is 22.4. The number of rotatable bonds is 6. The molecule has 2 aromatic rings. The van der Waals surface area contributed by atoms with Gasteiger partial charge in [-0.25, -0.2) is 9.18 Å². The molecule has 3 amide bonds. The molecule has 2 unspecified atom stereocenters. The fraction of sp³-hybridized carbons (Fsp3) is 0.391. The molecule has 3 N–H and O–H groups in total. The van der Waals surface area contributed by atoms with E-state index in [2.05, 4.69) is 16.0 Å². The van der Waals surface area contributed by atoms with E-state index in [1.165, 1.54) is 19.2 Å². The second-order valence-corrected chi connectivity index (χ2v) is 8.05. The highest BCUT2D eigenvalue weighted by molar-refractivity contribution is 5.97. The van der Waals surface area contributed by atoms with Crippen molar-refractivity contribution in [2.75, 3.05) is 12.4 Å². The number of carbonyl (C=O) groups excluding carboxylic acids is 2. The van der Waals surface area contributed by atoms with Crippen LogP contribution in [0.25, 0.3) is 0 Å². The van der Waals surface area contributed by atoms with Gasteiger partial charge in [-0.3, -0.25) is 4.79 Å². The Balaban J connectivity index is 1.68. The van der Waals surface area contributed by atoms with E-state index in [-0.39, 0.29) is 17.7 Å². The predicted molar refractivity (Wildman–Crippen MR) is 116 cm³/mol. The Morgan fingerprint density at radius 1 is 1.29 bits per heavy atom. The molecule has 31 heavy (non-hydrogen) atoms. The van der Waals surface area contributed by atoms with Crippen molar-refractivity contribution in [3.63, 3.8) is 0 Å². The van der Waals surface area contributed by atoms with Gasteiger partial charge in [0, 0.05) is 0 Å². The zero-order valence-electron chi connectivity index (χ0n) is 18.3. The molecule has 1 heterocycles. The van der Waals surface area contributed by atoms with E-state index in [1.807, 2.05) is 26.0 Å². The Bertz CT molecular complexity index is 993. The number of benzene rings is 2. The maximum atomic E-state index is 14.1. The monoisotopic (exact) mass is 429 g/mol. The van der Waals surface area contributed by atoms with Gasteiger partial charge in [-0.05, 0) is 62.6 Å². The molecule has 1 aliphatic rings. The first-order valence-electron chi connectivity index (χ1n) is 10.2. The molecule has 0 fully saturated rings. The largest absolute Gasteiger partial charge is 0.494 e. The lowest BCUT2D eigenvalue weighted by molar-refractivity contribution is -0.123. The SMILES string of the molecule is CCC1Oc2cc(C(C)NC(=O)NC(C)(C)c3ccc(OC)c(F)c3)ccc2NC1=O. The maximum Gasteiger partial charge on any atom is 0.315 e. The third kappa shape index (κ3) is 4.90. The highest BCUT2D eigenvalue weighted by Crippen LogP contribution is 2.33. The van der Waals surface area contributed by atoms with Crippen molar-refractivity contribution in [2.45, 2.75) is 51.8 Å². The van der Waals surface area contributed by atoms with Crippen LogP contribution in [0.4, 0.5) is 14.9 Å². The van der Waals surface area contributed by atoms with Crippen LogP contribution in [0.3, 0.4) is 0 Å². The number of nitrogens with one attached hydrogen (secondary N) is 3.